The molecule has 2 fully saturated rings. The van der Waals surface area contributed by atoms with Gasteiger partial charge in [-0.3, -0.25) is 4.79 Å². The van der Waals surface area contributed by atoms with E-state index in [9.17, 15) is 35.4 Å². The number of ether oxygens (including phenoxy) is 4. The second-order valence-electron chi connectivity index (χ2n) is 10.3. The number of carbonyl (C=O) groups excluding carboxylic acids is 1. The van der Waals surface area contributed by atoms with E-state index in [2.05, 4.69) is 5.32 Å². The molecule has 17 heteroatoms. The van der Waals surface area contributed by atoms with E-state index in [-0.39, 0.29) is 25.6 Å². The van der Waals surface area contributed by atoms with Gasteiger partial charge in [0.15, 0.2) is 12.6 Å². The van der Waals surface area contributed by atoms with Crippen molar-refractivity contribution in [2.45, 2.75) is 112 Å². The molecule has 2 aliphatic rings. The lowest BCUT2D eigenvalue weighted by atomic mass is 9.81. The highest BCUT2D eigenvalue weighted by Crippen LogP contribution is 2.30. The molecule has 0 aromatic heterocycles. The molecule has 1 saturated heterocycles. The van der Waals surface area contributed by atoms with Gasteiger partial charge in [-0.2, -0.15) is 0 Å². The lowest BCUT2D eigenvalue weighted by Gasteiger charge is -2.49. The number of rotatable bonds is 15. The van der Waals surface area contributed by atoms with Gasteiger partial charge in [-0.1, -0.05) is 0 Å². The average molecular weight is 585 g/mol. The summed E-state index contributed by atoms with van der Waals surface area (Å²) in [4.78, 5) is 12.7. The van der Waals surface area contributed by atoms with Gasteiger partial charge >= 0.3 is 0 Å². The van der Waals surface area contributed by atoms with E-state index < -0.39 is 98.6 Å². The summed E-state index contributed by atoms with van der Waals surface area (Å²) in [6.45, 7) is 0.464. The van der Waals surface area contributed by atoms with Crippen LogP contribution < -0.4 is 34.0 Å². The minimum Gasteiger partial charge on any atom is -0.394 e. The lowest BCUT2D eigenvalue weighted by Crippen LogP contribution is -2.73. The van der Waals surface area contributed by atoms with Gasteiger partial charge in [0, 0.05) is 13.1 Å². The maximum absolute atomic E-state index is 12.7. The number of amides is 1. The second-order valence-corrected chi connectivity index (χ2v) is 10.3. The molecule has 17 nitrogen and oxygen atoms in total. The van der Waals surface area contributed by atoms with Gasteiger partial charge in [-0.05, 0) is 32.7 Å². The molecule has 1 amide bonds. The Hall–Kier alpha value is -1.13. The van der Waals surface area contributed by atoms with E-state index in [4.69, 9.17) is 47.6 Å². The average Bonchev–Trinajstić information content (AvgIpc) is 2.93. The predicted octanol–water partition coefficient (Wildman–Crippen LogP) is -6.79. The summed E-state index contributed by atoms with van der Waals surface area (Å²) in [5, 5.41) is 65.1. The van der Waals surface area contributed by atoms with Crippen molar-refractivity contribution in [1.82, 2.24) is 5.32 Å². The molecule has 0 bridgehead atoms. The number of hydrogen-bond acceptors (Lipinski definition) is 16. The maximum Gasteiger partial charge on any atom is 0.249 e. The van der Waals surface area contributed by atoms with Crippen molar-refractivity contribution >= 4 is 5.91 Å². The molecule has 17 N–H and O–H groups in total. The third-order valence-electron chi connectivity index (χ3n) is 7.15. The minimum absolute atomic E-state index is 0.00821. The lowest BCUT2D eigenvalue weighted by molar-refractivity contribution is -0.300. The fraction of sp³-hybridized carbons (Fsp3) is 0.957. The van der Waals surface area contributed by atoms with E-state index in [1.165, 1.54) is 6.92 Å². The van der Waals surface area contributed by atoms with E-state index in [0.717, 1.165) is 0 Å². The highest BCUT2D eigenvalue weighted by molar-refractivity contribution is 5.81. The molecule has 14 atom stereocenters. The SMILES string of the molecule is C[C@H](O)C(CO)O[C@H](O[C@@H]1C(O)C(O[C@H]2O[C@H](CN)CCC2N)[C@@H](N)C(O)[C@H]1NC(=O)[C@@H](O)CCN)[C@@H](O)CN. The van der Waals surface area contributed by atoms with E-state index >= 15 is 0 Å². The van der Waals surface area contributed by atoms with Gasteiger partial charge in [0.25, 0.3) is 0 Å². The Bertz CT molecular complexity index is 758. The van der Waals surface area contributed by atoms with Crippen LogP contribution in [0.2, 0.25) is 0 Å². The summed E-state index contributed by atoms with van der Waals surface area (Å²) in [5.74, 6) is -0.931. The number of aliphatic hydroxyl groups excluding tert-OH is 6. The van der Waals surface area contributed by atoms with Crippen LogP contribution >= 0.6 is 0 Å². The molecule has 0 radical (unpaired) electrons. The number of nitrogens with one attached hydrogen (secondary N) is 1. The van der Waals surface area contributed by atoms with Gasteiger partial charge in [-0.25, -0.2) is 0 Å². The first-order valence-electron chi connectivity index (χ1n) is 13.4. The Morgan fingerprint density at radius 1 is 1.07 bits per heavy atom. The van der Waals surface area contributed by atoms with Crippen LogP contribution in [0.15, 0.2) is 0 Å². The van der Waals surface area contributed by atoms with Crippen LogP contribution in [0.5, 0.6) is 0 Å². The Kier molecular flexibility index (Phi) is 14.5. The van der Waals surface area contributed by atoms with Crippen molar-refractivity contribution in [3.05, 3.63) is 0 Å². The normalized spacial score (nSPS) is 36.9. The molecule has 0 aromatic carbocycles. The summed E-state index contributed by atoms with van der Waals surface area (Å²) in [7, 11) is 0. The molecule has 1 aliphatic heterocycles. The molecular weight excluding hydrogens is 536 g/mol. The minimum atomic E-state index is -1.69. The topological polar surface area (TPSA) is 318 Å². The van der Waals surface area contributed by atoms with Crippen LogP contribution in [0.4, 0.5) is 0 Å². The Balaban J connectivity index is 2.40. The van der Waals surface area contributed by atoms with E-state index in [1.807, 2.05) is 0 Å². The zero-order chi connectivity index (χ0) is 30.1. The highest BCUT2D eigenvalue weighted by Gasteiger charge is 2.53. The third kappa shape index (κ3) is 8.93. The fourth-order valence-electron chi connectivity index (χ4n) is 4.60. The van der Waals surface area contributed by atoms with Gasteiger partial charge in [0.05, 0.1) is 43.0 Å². The van der Waals surface area contributed by atoms with Crippen molar-refractivity contribution in [1.29, 1.82) is 0 Å². The summed E-state index contributed by atoms with van der Waals surface area (Å²) in [5.41, 5.74) is 29.1. The van der Waals surface area contributed by atoms with Crippen LogP contribution in [0.1, 0.15) is 26.2 Å². The molecule has 2 rings (SSSR count). The van der Waals surface area contributed by atoms with Crippen molar-refractivity contribution in [3.8, 4) is 0 Å². The number of carbonyl (C=O) groups is 1. The quantitative estimate of drug-likeness (QED) is 0.0795. The molecule has 1 saturated carbocycles. The third-order valence-corrected chi connectivity index (χ3v) is 7.15. The smallest absolute Gasteiger partial charge is 0.249 e. The predicted molar refractivity (Wildman–Crippen MR) is 139 cm³/mol. The van der Waals surface area contributed by atoms with Crippen molar-refractivity contribution in [2.24, 2.45) is 28.7 Å². The highest BCUT2D eigenvalue weighted by atomic mass is 16.7. The largest absolute Gasteiger partial charge is 0.394 e. The summed E-state index contributed by atoms with van der Waals surface area (Å²) < 4.78 is 23.1. The molecule has 1 heterocycles. The van der Waals surface area contributed by atoms with Crippen LogP contribution in [-0.4, -0.2) is 148 Å². The maximum atomic E-state index is 12.7. The van der Waals surface area contributed by atoms with Crippen molar-refractivity contribution in [2.75, 3.05) is 26.2 Å². The van der Waals surface area contributed by atoms with Gasteiger partial charge in [0.2, 0.25) is 5.91 Å². The zero-order valence-electron chi connectivity index (χ0n) is 22.6. The van der Waals surface area contributed by atoms with Crippen LogP contribution in [0.3, 0.4) is 0 Å². The zero-order valence-corrected chi connectivity index (χ0v) is 22.6. The molecule has 1 aliphatic carbocycles. The first-order valence-corrected chi connectivity index (χ1v) is 13.4. The molecule has 236 valence electrons. The summed E-state index contributed by atoms with van der Waals surface area (Å²) >= 11 is 0. The fourth-order valence-corrected chi connectivity index (χ4v) is 4.60. The molecular formula is C23H48N6O11. The number of nitrogens with two attached hydrogens (primary N) is 5. The Morgan fingerprint density at radius 2 is 1.75 bits per heavy atom. The van der Waals surface area contributed by atoms with Gasteiger partial charge in [0.1, 0.15) is 36.6 Å². The summed E-state index contributed by atoms with van der Waals surface area (Å²) in [6, 6.07) is -3.38. The monoisotopic (exact) mass is 584 g/mol. The molecule has 5 unspecified atom stereocenters. The number of aliphatic hydroxyl groups is 6. The van der Waals surface area contributed by atoms with Crippen LogP contribution in [-0.2, 0) is 23.7 Å². The first-order chi connectivity index (χ1) is 18.9. The van der Waals surface area contributed by atoms with Gasteiger partial charge < -0.3 is 83.6 Å². The van der Waals surface area contributed by atoms with Crippen molar-refractivity contribution < 1.29 is 54.4 Å². The standard InChI is InChI=1S/C23H48N6O11/c1-9(31)14(8-30)38-23(13(33)7-26)40-20-16(29-21(36)12(32)4-5-24)17(34)15(28)19(18(20)35)39-22-11(27)3-2-10(6-25)37-22/h9-20,22-23,30-35H,2-8,24-28H2,1H3,(H,29,36)/t9-,10-,11?,12-,13-,14?,15-,16+,17?,18?,19?,20-,22+,23+/m0/s1. The van der Waals surface area contributed by atoms with Gasteiger partial charge in [-0.15, -0.1) is 0 Å². The number of hydrogen-bond donors (Lipinski definition) is 12. The van der Waals surface area contributed by atoms with Crippen molar-refractivity contribution in [3.63, 3.8) is 0 Å². The summed E-state index contributed by atoms with van der Waals surface area (Å²) in [6.07, 6.45) is -13.8. The Labute approximate surface area is 232 Å². The second kappa shape index (κ2) is 16.5. The van der Waals surface area contributed by atoms with Crippen LogP contribution in [0, 0.1) is 0 Å². The first kappa shape index (κ1) is 35.1. The molecule has 0 spiro atoms. The van der Waals surface area contributed by atoms with Crippen LogP contribution in [0.25, 0.3) is 0 Å². The Morgan fingerprint density at radius 3 is 2.30 bits per heavy atom. The molecule has 40 heavy (non-hydrogen) atoms. The molecule has 0 aromatic rings. The van der Waals surface area contributed by atoms with E-state index in [1.54, 1.807) is 0 Å². The van der Waals surface area contributed by atoms with E-state index in [0.29, 0.717) is 12.8 Å².